The molecule has 1 amide bonds. The summed E-state index contributed by atoms with van der Waals surface area (Å²) in [5.41, 5.74) is 3.79. The van der Waals surface area contributed by atoms with Gasteiger partial charge >= 0.3 is 0 Å². The van der Waals surface area contributed by atoms with Gasteiger partial charge in [0.25, 0.3) is 5.91 Å². The van der Waals surface area contributed by atoms with Crippen molar-refractivity contribution in [2.24, 2.45) is 0 Å². The maximum absolute atomic E-state index is 12.9. The molecular weight excluding hydrogens is 470 g/mol. The largest absolute Gasteiger partial charge is 0.507 e. The third kappa shape index (κ3) is 4.19. The van der Waals surface area contributed by atoms with Crippen molar-refractivity contribution in [3.63, 3.8) is 0 Å². The maximum Gasteiger partial charge on any atom is 0.258 e. The minimum absolute atomic E-state index is 0.0106. The van der Waals surface area contributed by atoms with Crippen molar-refractivity contribution in [2.75, 3.05) is 5.32 Å². The lowest BCUT2D eigenvalue weighted by Gasteiger charge is -2.12. The van der Waals surface area contributed by atoms with E-state index in [2.05, 4.69) is 15.6 Å². The number of nitrogens with one attached hydrogen (secondary N) is 2. The first-order chi connectivity index (χ1) is 16.4. The number of rotatable bonds is 3. The molecular formula is C26H18ClN3O3S. The van der Waals surface area contributed by atoms with Crippen LogP contribution in [-0.2, 0) is 0 Å². The minimum Gasteiger partial charge on any atom is -0.507 e. The Morgan fingerprint density at radius 3 is 2.68 bits per heavy atom. The molecule has 0 fully saturated rings. The van der Waals surface area contributed by atoms with Crippen molar-refractivity contribution >= 4 is 62.4 Å². The van der Waals surface area contributed by atoms with Crippen LogP contribution in [0.5, 0.6) is 5.75 Å². The van der Waals surface area contributed by atoms with E-state index in [1.165, 1.54) is 6.07 Å². The smallest absolute Gasteiger partial charge is 0.258 e. The molecule has 0 saturated carbocycles. The molecule has 0 aliphatic rings. The average Bonchev–Trinajstić information content (AvgIpc) is 3.23. The Kier molecular flexibility index (Phi) is 5.65. The molecule has 1 heterocycles. The fourth-order valence-electron chi connectivity index (χ4n) is 3.74. The van der Waals surface area contributed by atoms with Crippen molar-refractivity contribution in [2.45, 2.75) is 6.92 Å². The zero-order valence-corrected chi connectivity index (χ0v) is 19.5. The number of phenolic OH excluding ortho intramolecular Hbond substituents is 1. The number of benzene rings is 4. The van der Waals surface area contributed by atoms with Crippen LogP contribution in [0.4, 0.5) is 5.69 Å². The maximum atomic E-state index is 12.9. The number of oxazole rings is 1. The second-order valence-electron chi connectivity index (χ2n) is 7.77. The number of hydrogen-bond acceptors (Lipinski definition) is 5. The highest BCUT2D eigenvalue weighted by atomic mass is 35.5. The van der Waals surface area contributed by atoms with Gasteiger partial charge in [0, 0.05) is 21.7 Å². The van der Waals surface area contributed by atoms with Crippen LogP contribution in [0.1, 0.15) is 15.9 Å². The Bertz CT molecular complexity index is 1600. The third-order valence-corrected chi connectivity index (χ3v) is 5.90. The summed E-state index contributed by atoms with van der Waals surface area (Å²) in [4.78, 5) is 17.4. The van der Waals surface area contributed by atoms with E-state index < -0.39 is 0 Å². The van der Waals surface area contributed by atoms with Crippen molar-refractivity contribution < 1.29 is 14.3 Å². The van der Waals surface area contributed by atoms with Gasteiger partial charge in [0.15, 0.2) is 10.7 Å². The zero-order chi connectivity index (χ0) is 23.8. The molecule has 0 spiro atoms. The molecule has 0 atom stereocenters. The number of aromatic hydroxyl groups is 1. The highest BCUT2D eigenvalue weighted by molar-refractivity contribution is 7.80. The number of phenols is 1. The van der Waals surface area contributed by atoms with Crippen LogP contribution in [0.15, 0.2) is 77.2 Å². The first kappa shape index (κ1) is 21.9. The van der Waals surface area contributed by atoms with Crippen molar-refractivity contribution in [1.82, 2.24) is 10.3 Å². The van der Waals surface area contributed by atoms with Crippen LogP contribution in [0.25, 0.3) is 33.3 Å². The number of carbonyl (C=O) groups is 1. The van der Waals surface area contributed by atoms with Crippen molar-refractivity contribution in [3.8, 4) is 17.2 Å². The predicted octanol–water partition coefficient (Wildman–Crippen LogP) is 6.44. The fraction of sp³-hybridized carbons (Fsp3) is 0.0385. The molecule has 5 rings (SSSR count). The monoisotopic (exact) mass is 487 g/mol. The van der Waals surface area contributed by atoms with Gasteiger partial charge in [-0.05, 0) is 72.6 Å². The predicted molar refractivity (Wildman–Crippen MR) is 138 cm³/mol. The van der Waals surface area contributed by atoms with Crippen molar-refractivity contribution in [1.29, 1.82) is 0 Å². The molecule has 0 unspecified atom stereocenters. The number of anilines is 1. The Morgan fingerprint density at radius 2 is 1.82 bits per heavy atom. The summed E-state index contributed by atoms with van der Waals surface area (Å²) in [5, 5.41) is 18.2. The van der Waals surface area contributed by atoms with Crippen LogP contribution >= 0.6 is 23.8 Å². The minimum atomic E-state index is -0.362. The topological polar surface area (TPSA) is 87.4 Å². The molecule has 8 heteroatoms. The number of hydrogen-bond donors (Lipinski definition) is 3. The van der Waals surface area contributed by atoms with E-state index in [9.17, 15) is 9.90 Å². The number of aromatic nitrogens is 1. The van der Waals surface area contributed by atoms with E-state index in [-0.39, 0.29) is 22.7 Å². The number of thiocarbonyl (C=S) groups is 1. The van der Waals surface area contributed by atoms with Gasteiger partial charge in [-0.25, -0.2) is 4.98 Å². The number of fused-ring (bicyclic) bond motifs is 2. The number of halogens is 1. The standard InChI is InChI=1S/C26H18ClN3O3S/c1-14-8-11-23-21(12-14)29-25(33-23)19-13-15(9-10-22(19)31)28-26(34)30-24(32)18-6-2-5-17-16(18)4-3-7-20(17)27/h2-13,31H,1H3,(H2,28,30,32,34). The van der Waals surface area contributed by atoms with Gasteiger partial charge in [-0.2, -0.15) is 0 Å². The van der Waals surface area contributed by atoms with E-state index >= 15 is 0 Å². The lowest BCUT2D eigenvalue weighted by atomic mass is 10.0. The van der Waals surface area contributed by atoms with E-state index in [4.69, 9.17) is 28.2 Å². The Labute approximate surface area is 205 Å². The second-order valence-corrected chi connectivity index (χ2v) is 8.59. The van der Waals surface area contributed by atoms with E-state index in [0.717, 1.165) is 16.3 Å². The van der Waals surface area contributed by atoms with Crippen LogP contribution in [-0.4, -0.2) is 21.1 Å². The van der Waals surface area contributed by atoms with E-state index in [0.29, 0.717) is 32.9 Å². The van der Waals surface area contributed by atoms with E-state index in [1.54, 1.807) is 36.4 Å². The molecule has 0 aliphatic carbocycles. The molecule has 5 aromatic rings. The Morgan fingerprint density at radius 1 is 1.03 bits per heavy atom. The van der Waals surface area contributed by atoms with Crippen LogP contribution in [0, 0.1) is 6.92 Å². The molecule has 1 aromatic heterocycles. The lowest BCUT2D eigenvalue weighted by Crippen LogP contribution is -2.34. The zero-order valence-electron chi connectivity index (χ0n) is 17.9. The number of aryl methyl sites for hydroxylation is 1. The van der Waals surface area contributed by atoms with Gasteiger partial charge in [-0.15, -0.1) is 0 Å². The molecule has 0 aliphatic heterocycles. The fourth-order valence-corrected chi connectivity index (χ4v) is 4.19. The SMILES string of the molecule is Cc1ccc2oc(-c3cc(NC(=S)NC(=O)c4cccc5c(Cl)cccc45)ccc3O)nc2c1. The summed E-state index contributed by atoms with van der Waals surface area (Å²) < 4.78 is 5.81. The summed E-state index contributed by atoms with van der Waals surface area (Å²) >= 11 is 11.6. The molecule has 34 heavy (non-hydrogen) atoms. The highest BCUT2D eigenvalue weighted by Crippen LogP contribution is 2.33. The quantitative estimate of drug-likeness (QED) is 0.200. The molecule has 3 N–H and O–H groups in total. The summed E-state index contributed by atoms with van der Waals surface area (Å²) in [6.45, 7) is 1.97. The normalized spacial score (nSPS) is 11.0. The third-order valence-electron chi connectivity index (χ3n) is 5.37. The Balaban J connectivity index is 1.37. The van der Waals surface area contributed by atoms with Gasteiger partial charge < -0.3 is 14.8 Å². The first-order valence-electron chi connectivity index (χ1n) is 10.4. The summed E-state index contributed by atoms with van der Waals surface area (Å²) in [5.74, 6) is -0.0700. The van der Waals surface area contributed by atoms with Crippen LogP contribution < -0.4 is 10.6 Å². The van der Waals surface area contributed by atoms with Gasteiger partial charge in [0.05, 0.1) is 5.56 Å². The summed E-state index contributed by atoms with van der Waals surface area (Å²) in [6.07, 6.45) is 0. The van der Waals surface area contributed by atoms with Crippen LogP contribution in [0.3, 0.4) is 0 Å². The summed E-state index contributed by atoms with van der Waals surface area (Å²) in [7, 11) is 0. The summed E-state index contributed by atoms with van der Waals surface area (Å²) in [6, 6.07) is 21.2. The lowest BCUT2D eigenvalue weighted by molar-refractivity contribution is 0.0979. The van der Waals surface area contributed by atoms with Crippen molar-refractivity contribution in [3.05, 3.63) is 88.9 Å². The average molecular weight is 488 g/mol. The first-order valence-corrected chi connectivity index (χ1v) is 11.2. The molecule has 168 valence electrons. The molecule has 4 aromatic carbocycles. The van der Waals surface area contributed by atoms with Gasteiger partial charge in [-0.3, -0.25) is 10.1 Å². The number of amides is 1. The molecule has 6 nitrogen and oxygen atoms in total. The number of carbonyl (C=O) groups excluding carboxylic acids is 1. The second kappa shape index (κ2) is 8.78. The Hall–Kier alpha value is -3.94. The van der Waals surface area contributed by atoms with Gasteiger partial charge in [-0.1, -0.05) is 41.9 Å². The molecule has 0 radical (unpaired) electrons. The highest BCUT2D eigenvalue weighted by Gasteiger charge is 2.16. The van der Waals surface area contributed by atoms with Gasteiger partial charge in [0.2, 0.25) is 5.89 Å². The van der Waals surface area contributed by atoms with Crippen LogP contribution in [0.2, 0.25) is 5.02 Å². The molecule has 0 saturated heterocycles. The number of nitrogens with zero attached hydrogens (tertiary/aromatic N) is 1. The van der Waals surface area contributed by atoms with Gasteiger partial charge in [0.1, 0.15) is 11.3 Å². The molecule has 0 bridgehead atoms. The van der Waals surface area contributed by atoms with E-state index in [1.807, 2.05) is 37.3 Å².